The quantitative estimate of drug-likeness (QED) is 0.276. The van der Waals surface area contributed by atoms with E-state index in [0.717, 1.165) is 11.1 Å². The van der Waals surface area contributed by atoms with Crippen LogP contribution in [-0.4, -0.2) is 16.9 Å². The maximum Gasteiger partial charge on any atom is 0.257 e. The van der Waals surface area contributed by atoms with Gasteiger partial charge in [0.1, 0.15) is 12.4 Å². The summed E-state index contributed by atoms with van der Waals surface area (Å²) in [4.78, 5) is 24.9. The lowest BCUT2D eigenvalue weighted by atomic mass is 10.1. The van der Waals surface area contributed by atoms with E-state index in [0.29, 0.717) is 34.9 Å². The van der Waals surface area contributed by atoms with Gasteiger partial charge in [-0.05, 0) is 85.4 Å². The number of benzene rings is 4. The molecule has 6 nitrogen and oxygen atoms in total. The SMILES string of the molecule is Cc1cccc(C(=O)Nc2ccc(NC(=S)NC(=O)c3ccc(OCc4ccccc4)cc3)cc2)c1. The van der Waals surface area contributed by atoms with E-state index in [9.17, 15) is 9.59 Å². The third-order valence-corrected chi connectivity index (χ3v) is 5.48. The Morgan fingerprint density at radius 1 is 0.722 bits per heavy atom. The van der Waals surface area contributed by atoms with E-state index in [2.05, 4.69) is 16.0 Å². The van der Waals surface area contributed by atoms with E-state index in [-0.39, 0.29) is 16.9 Å². The molecule has 0 heterocycles. The minimum atomic E-state index is -0.329. The van der Waals surface area contributed by atoms with Gasteiger partial charge in [-0.3, -0.25) is 14.9 Å². The van der Waals surface area contributed by atoms with Crippen molar-refractivity contribution in [3.05, 3.63) is 125 Å². The zero-order valence-electron chi connectivity index (χ0n) is 19.7. The Morgan fingerprint density at radius 3 is 2.06 bits per heavy atom. The first kappa shape index (κ1) is 24.6. The number of ether oxygens (including phenoxy) is 1. The normalized spacial score (nSPS) is 10.2. The first-order chi connectivity index (χ1) is 17.5. The molecule has 2 amide bonds. The average Bonchev–Trinajstić information content (AvgIpc) is 2.89. The smallest absolute Gasteiger partial charge is 0.257 e. The van der Waals surface area contributed by atoms with Gasteiger partial charge in [-0.1, -0.05) is 48.0 Å². The second-order valence-electron chi connectivity index (χ2n) is 8.11. The van der Waals surface area contributed by atoms with Crippen molar-refractivity contribution in [3.63, 3.8) is 0 Å². The second kappa shape index (κ2) is 11.8. The van der Waals surface area contributed by atoms with Crippen LogP contribution in [-0.2, 0) is 6.61 Å². The Balaban J connectivity index is 1.26. The van der Waals surface area contributed by atoms with Crippen LogP contribution in [0.15, 0.2) is 103 Å². The number of anilines is 2. The van der Waals surface area contributed by atoms with Crippen LogP contribution in [0.2, 0.25) is 0 Å². The topological polar surface area (TPSA) is 79.5 Å². The Labute approximate surface area is 215 Å². The van der Waals surface area contributed by atoms with Gasteiger partial charge in [0.2, 0.25) is 0 Å². The number of hydrogen-bond donors (Lipinski definition) is 3. The van der Waals surface area contributed by atoms with Gasteiger partial charge in [-0.25, -0.2) is 0 Å². The average molecular weight is 496 g/mol. The summed E-state index contributed by atoms with van der Waals surface area (Å²) in [5.41, 5.74) is 4.47. The number of carbonyl (C=O) groups is 2. The highest BCUT2D eigenvalue weighted by Crippen LogP contribution is 2.16. The lowest BCUT2D eigenvalue weighted by Crippen LogP contribution is -2.34. The molecule has 0 radical (unpaired) electrons. The molecule has 0 fully saturated rings. The summed E-state index contributed by atoms with van der Waals surface area (Å²) in [7, 11) is 0. The van der Waals surface area contributed by atoms with E-state index in [1.807, 2.05) is 55.5 Å². The number of aryl methyl sites for hydroxylation is 1. The van der Waals surface area contributed by atoms with Gasteiger partial charge in [-0.15, -0.1) is 0 Å². The molecule has 0 aromatic heterocycles. The molecule has 7 heteroatoms. The zero-order chi connectivity index (χ0) is 25.3. The van der Waals surface area contributed by atoms with E-state index in [1.165, 1.54) is 0 Å². The Bertz CT molecular complexity index is 1350. The Kier molecular flexibility index (Phi) is 8.05. The largest absolute Gasteiger partial charge is 0.489 e. The predicted molar refractivity (Wildman–Crippen MR) is 146 cm³/mol. The molecular formula is C29H25N3O3S. The highest BCUT2D eigenvalue weighted by Gasteiger charge is 2.10. The molecule has 0 spiro atoms. The van der Waals surface area contributed by atoms with Crippen molar-refractivity contribution in [1.29, 1.82) is 0 Å². The van der Waals surface area contributed by atoms with Gasteiger partial charge < -0.3 is 15.4 Å². The van der Waals surface area contributed by atoms with Gasteiger partial charge in [0.05, 0.1) is 0 Å². The minimum Gasteiger partial charge on any atom is -0.489 e. The van der Waals surface area contributed by atoms with Gasteiger partial charge in [-0.2, -0.15) is 0 Å². The van der Waals surface area contributed by atoms with Gasteiger partial charge in [0.15, 0.2) is 5.11 Å². The van der Waals surface area contributed by atoms with Gasteiger partial charge in [0.25, 0.3) is 11.8 Å². The fourth-order valence-electron chi connectivity index (χ4n) is 3.41. The van der Waals surface area contributed by atoms with Crippen LogP contribution in [0.5, 0.6) is 5.75 Å². The molecule has 0 atom stereocenters. The third kappa shape index (κ3) is 7.01. The Morgan fingerprint density at radius 2 is 1.39 bits per heavy atom. The van der Waals surface area contributed by atoms with E-state index < -0.39 is 0 Å². The monoisotopic (exact) mass is 495 g/mol. The molecule has 3 N–H and O–H groups in total. The van der Waals surface area contributed by atoms with Gasteiger partial charge in [0, 0.05) is 22.5 Å². The van der Waals surface area contributed by atoms with E-state index in [1.54, 1.807) is 54.6 Å². The number of rotatable bonds is 7. The summed E-state index contributed by atoms with van der Waals surface area (Å²) in [5.74, 6) is 0.161. The first-order valence-corrected chi connectivity index (χ1v) is 11.7. The van der Waals surface area contributed by atoms with Crippen LogP contribution in [0, 0.1) is 6.92 Å². The maximum absolute atomic E-state index is 12.5. The first-order valence-electron chi connectivity index (χ1n) is 11.3. The van der Waals surface area contributed by atoms with E-state index >= 15 is 0 Å². The molecule has 0 aliphatic heterocycles. The molecule has 36 heavy (non-hydrogen) atoms. The summed E-state index contributed by atoms with van der Waals surface area (Å²) in [6, 6.07) is 31.2. The number of carbonyl (C=O) groups excluding carboxylic acids is 2. The number of amides is 2. The van der Waals surface area contributed by atoms with Crippen molar-refractivity contribution < 1.29 is 14.3 Å². The van der Waals surface area contributed by atoms with Crippen LogP contribution in [0.4, 0.5) is 11.4 Å². The molecular weight excluding hydrogens is 470 g/mol. The van der Waals surface area contributed by atoms with Crippen molar-refractivity contribution in [2.75, 3.05) is 10.6 Å². The predicted octanol–water partition coefficient (Wildman–Crippen LogP) is 5.95. The lowest BCUT2D eigenvalue weighted by molar-refractivity contribution is 0.0976. The summed E-state index contributed by atoms with van der Waals surface area (Å²) < 4.78 is 5.75. The Hall–Kier alpha value is -4.49. The van der Waals surface area contributed by atoms with Crippen molar-refractivity contribution in [3.8, 4) is 5.75 Å². The molecule has 0 saturated heterocycles. The summed E-state index contributed by atoms with van der Waals surface area (Å²) in [6.07, 6.45) is 0. The maximum atomic E-state index is 12.5. The standard InChI is InChI=1S/C29H25N3O3S/c1-20-6-5-9-23(18-20)28(34)30-24-12-14-25(15-13-24)31-29(36)32-27(33)22-10-16-26(17-11-22)35-19-21-7-3-2-4-8-21/h2-18H,19H2,1H3,(H,30,34)(H2,31,32,33,36). The van der Waals surface area contributed by atoms with Crippen LogP contribution in [0.3, 0.4) is 0 Å². The molecule has 4 aromatic rings. The van der Waals surface area contributed by atoms with E-state index in [4.69, 9.17) is 17.0 Å². The lowest BCUT2D eigenvalue weighted by Gasteiger charge is -2.11. The summed E-state index contributed by atoms with van der Waals surface area (Å²) >= 11 is 5.28. The molecule has 4 aromatic carbocycles. The fraction of sp³-hybridized carbons (Fsp3) is 0.0690. The van der Waals surface area contributed by atoms with Crippen LogP contribution >= 0.6 is 12.2 Å². The van der Waals surface area contributed by atoms with Crippen molar-refractivity contribution in [2.24, 2.45) is 0 Å². The van der Waals surface area contributed by atoms with Crippen molar-refractivity contribution >= 4 is 40.5 Å². The van der Waals surface area contributed by atoms with Crippen LogP contribution < -0.4 is 20.7 Å². The molecule has 0 aliphatic carbocycles. The summed E-state index contributed by atoms with van der Waals surface area (Å²) in [5, 5.41) is 8.67. The number of nitrogens with one attached hydrogen (secondary N) is 3. The molecule has 0 bridgehead atoms. The molecule has 0 aliphatic rings. The zero-order valence-corrected chi connectivity index (χ0v) is 20.5. The highest BCUT2D eigenvalue weighted by atomic mass is 32.1. The van der Waals surface area contributed by atoms with Crippen LogP contribution in [0.1, 0.15) is 31.8 Å². The van der Waals surface area contributed by atoms with Gasteiger partial charge >= 0.3 is 0 Å². The van der Waals surface area contributed by atoms with Crippen LogP contribution in [0.25, 0.3) is 0 Å². The molecule has 0 saturated carbocycles. The minimum absolute atomic E-state index is 0.168. The molecule has 180 valence electrons. The van der Waals surface area contributed by atoms with Crippen molar-refractivity contribution in [2.45, 2.75) is 13.5 Å². The second-order valence-corrected chi connectivity index (χ2v) is 8.52. The highest BCUT2D eigenvalue weighted by molar-refractivity contribution is 7.80. The summed E-state index contributed by atoms with van der Waals surface area (Å²) in [6.45, 7) is 2.39. The molecule has 4 rings (SSSR count). The number of thiocarbonyl (C=S) groups is 1. The van der Waals surface area contributed by atoms with Crippen molar-refractivity contribution in [1.82, 2.24) is 5.32 Å². The fourth-order valence-corrected chi connectivity index (χ4v) is 3.62. The number of hydrogen-bond acceptors (Lipinski definition) is 4. The third-order valence-electron chi connectivity index (χ3n) is 5.27. The molecule has 0 unspecified atom stereocenters.